The Morgan fingerprint density at radius 3 is 2.27 bits per heavy atom. The summed E-state index contributed by atoms with van der Waals surface area (Å²) in [5, 5.41) is 19.2. The van der Waals surface area contributed by atoms with E-state index in [4.69, 9.17) is 15.9 Å². The highest BCUT2D eigenvalue weighted by molar-refractivity contribution is 6.04. The molecular formula is C26H30N4O7. The second-order valence-electron chi connectivity index (χ2n) is 8.31. The van der Waals surface area contributed by atoms with Crippen LogP contribution in [0.2, 0.25) is 0 Å². The molecule has 11 nitrogen and oxygen atoms in total. The van der Waals surface area contributed by atoms with Crippen LogP contribution in [0.25, 0.3) is 10.9 Å². The zero-order chi connectivity index (χ0) is 26.2. The summed E-state index contributed by atoms with van der Waals surface area (Å²) < 4.78 is 0. The topological polar surface area (TPSA) is 197 Å². The predicted molar refractivity (Wildman–Crippen MR) is 137 cm³/mol. The number of amides is 3. The fourth-order valence-electron chi connectivity index (χ4n) is 4.23. The van der Waals surface area contributed by atoms with E-state index in [0.29, 0.717) is 25.1 Å². The Balaban J connectivity index is 0.000000467. The Bertz CT molecular complexity index is 1270. The van der Waals surface area contributed by atoms with E-state index in [1.54, 1.807) is 7.05 Å². The number of carboxylic acid groups (broad SMARTS) is 2. The summed E-state index contributed by atoms with van der Waals surface area (Å²) in [6.45, 7) is 0.576. The molecule has 2 unspecified atom stereocenters. The molecule has 1 saturated heterocycles. The fraction of sp³-hybridized carbons (Fsp3) is 0.231. The third-order valence-corrected chi connectivity index (χ3v) is 5.92. The van der Waals surface area contributed by atoms with Crippen molar-refractivity contribution in [1.82, 2.24) is 15.2 Å². The van der Waals surface area contributed by atoms with Gasteiger partial charge in [-0.1, -0.05) is 36.4 Å². The van der Waals surface area contributed by atoms with Crippen LogP contribution >= 0.6 is 0 Å². The first kappa shape index (κ1) is 28.8. The van der Waals surface area contributed by atoms with Crippen LogP contribution in [0.1, 0.15) is 22.6 Å². The minimum atomic E-state index is -1.26. The lowest BCUT2D eigenvalue weighted by molar-refractivity contribution is -0.134. The van der Waals surface area contributed by atoms with Crippen molar-refractivity contribution in [3.63, 3.8) is 0 Å². The van der Waals surface area contributed by atoms with Crippen LogP contribution in [0, 0.1) is 0 Å². The van der Waals surface area contributed by atoms with Crippen LogP contribution in [0.15, 0.2) is 66.9 Å². The number of hydrogen-bond acceptors (Lipinski definition) is 5. The molecule has 0 bridgehead atoms. The number of fused-ring (bicyclic) bond motifs is 1. The number of aromatic nitrogens is 1. The number of nitrogens with one attached hydrogen (secondary N) is 2. The fourth-order valence-corrected chi connectivity index (χ4v) is 4.23. The number of H-pyrrole nitrogens is 1. The lowest BCUT2D eigenvalue weighted by atomic mass is 9.84. The van der Waals surface area contributed by atoms with E-state index in [9.17, 15) is 19.2 Å². The van der Waals surface area contributed by atoms with Crippen LogP contribution in [0.5, 0.6) is 0 Å². The second kappa shape index (κ2) is 13.0. The van der Waals surface area contributed by atoms with Gasteiger partial charge in [0.2, 0.25) is 0 Å². The Morgan fingerprint density at radius 2 is 1.73 bits per heavy atom. The van der Waals surface area contributed by atoms with Crippen molar-refractivity contribution in [2.24, 2.45) is 5.73 Å². The highest BCUT2D eigenvalue weighted by Crippen LogP contribution is 2.32. The molecule has 1 aliphatic heterocycles. The largest absolute Gasteiger partial charge is 0.478 e. The van der Waals surface area contributed by atoms with Gasteiger partial charge in [0.25, 0.3) is 5.91 Å². The van der Waals surface area contributed by atoms with Gasteiger partial charge in [-0.15, -0.1) is 0 Å². The van der Waals surface area contributed by atoms with Crippen molar-refractivity contribution in [3.8, 4) is 0 Å². The number of imide groups is 1. The summed E-state index contributed by atoms with van der Waals surface area (Å²) in [6.07, 6.45) is 4.56. The van der Waals surface area contributed by atoms with Crippen molar-refractivity contribution in [3.05, 3.63) is 83.6 Å². The Hall–Kier alpha value is -4.48. The number of likely N-dealkylation sites (N-methyl/N-ethyl adjacent to an activating group) is 1. The van der Waals surface area contributed by atoms with Crippen molar-refractivity contribution >= 4 is 34.8 Å². The summed E-state index contributed by atoms with van der Waals surface area (Å²) in [7, 11) is 1.68. The molecule has 2 atom stereocenters. The molecule has 1 aromatic heterocycles. The van der Waals surface area contributed by atoms with E-state index in [-0.39, 0.29) is 23.3 Å². The minimum Gasteiger partial charge on any atom is -0.478 e. The van der Waals surface area contributed by atoms with E-state index < -0.39 is 18.0 Å². The first-order valence-electron chi connectivity index (χ1n) is 11.3. The Morgan fingerprint density at radius 1 is 1.08 bits per heavy atom. The van der Waals surface area contributed by atoms with Crippen molar-refractivity contribution in [1.29, 1.82) is 0 Å². The molecule has 2 heterocycles. The van der Waals surface area contributed by atoms with Gasteiger partial charge in [-0.25, -0.2) is 14.4 Å². The highest BCUT2D eigenvalue weighted by atomic mass is 16.4. The van der Waals surface area contributed by atoms with Gasteiger partial charge in [0.1, 0.15) is 6.04 Å². The van der Waals surface area contributed by atoms with Gasteiger partial charge in [0.05, 0.1) is 0 Å². The molecule has 3 amide bonds. The second-order valence-corrected chi connectivity index (χ2v) is 8.31. The Kier molecular flexibility index (Phi) is 10.1. The van der Waals surface area contributed by atoms with Gasteiger partial charge < -0.3 is 31.3 Å². The number of carbonyl (C=O) groups excluding carboxylic acids is 2. The zero-order valence-electron chi connectivity index (χ0n) is 20.2. The van der Waals surface area contributed by atoms with Crippen molar-refractivity contribution in [2.75, 3.05) is 13.6 Å². The molecule has 37 heavy (non-hydrogen) atoms. The number of carboxylic acids is 2. The van der Waals surface area contributed by atoms with E-state index in [1.165, 1.54) is 4.90 Å². The molecule has 0 saturated carbocycles. The van der Waals surface area contributed by atoms with E-state index >= 15 is 0 Å². The van der Waals surface area contributed by atoms with Gasteiger partial charge >= 0.3 is 18.0 Å². The smallest absolute Gasteiger partial charge is 0.328 e. The van der Waals surface area contributed by atoms with Crippen LogP contribution in [-0.4, -0.2) is 69.1 Å². The molecule has 4 rings (SSSR count). The summed E-state index contributed by atoms with van der Waals surface area (Å²) in [6, 6.07) is 15.4. The molecule has 0 spiro atoms. The average Bonchev–Trinajstić information content (AvgIpc) is 3.36. The van der Waals surface area contributed by atoms with E-state index in [0.717, 1.165) is 34.0 Å². The standard InChI is InChI=1S/C22H24N4O2.C4H4O4.H2O/c1-26-20(21(27)25-22(26)28)18(11-14-5-3-2-4-6-14)15-7-8-19-17(12-15)16(9-10-23)13-24-19;5-3(6)1-2-4(7)8;/h2-8,12-13,18,20,24H,9-11,23H2,1H3,(H,25,27,28);1-2H,(H,5,6)(H,7,8);1H2. The highest BCUT2D eigenvalue weighted by Gasteiger charge is 2.41. The molecule has 196 valence electrons. The maximum atomic E-state index is 12.6. The lowest BCUT2D eigenvalue weighted by Crippen LogP contribution is -2.38. The average molecular weight is 511 g/mol. The summed E-state index contributed by atoms with van der Waals surface area (Å²) >= 11 is 0. The van der Waals surface area contributed by atoms with Crippen LogP contribution in [0.3, 0.4) is 0 Å². The number of aliphatic carboxylic acids is 2. The Labute approximate surface area is 212 Å². The third kappa shape index (κ3) is 7.26. The molecule has 11 heteroatoms. The summed E-state index contributed by atoms with van der Waals surface area (Å²) in [4.78, 5) is 48.6. The summed E-state index contributed by atoms with van der Waals surface area (Å²) in [5.41, 5.74) is 10.1. The molecule has 0 radical (unpaired) electrons. The quantitative estimate of drug-likeness (QED) is 0.223. The minimum absolute atomic E-state index is 0. The van der Waals surface area contributed by atoms with Gasteiger partial charge in [0.15, 0.2) is 0 Å². The van der Waals surface area contributed by atoms with E-state index in [1.807, 2.05) is 36.5 Å². The number of hydrogen-bond donors (Lipinski definition) is 5. The van der Waals surface area contributed by atoms with Gasteiger partial charge in [-0.2, -0.15) is 0 Å². The van der Waals surface area contributed by atoms with Crippen molar-refractivity contribution in [2.45, 2.75) is 24.8 Å². The molecule has 1 fully saturated rings. The monoisotopic (exact) mass is 510 g/mol. The number of nitrogens with zero attached hydrogens (tertiary/aromatic N) is 1. The number of urea groups is 1. The van der Waals surface area contributed by atoms with Gasteiger partial charge in [-0.3, -0.25) is 10.1 Å². The maximum absolute atomic E-state index is 12.6. The normalized spacial score (nSPS) is 15.6. The number of rotatable bonds is 8. The van der Waals surface area contributed by atoms with Crippen LogP contribution < -0.4 is 11.1 Å². The van der Waals surface area contributed by atoms with Gasteiger partial charge in [0, 0.05) is 42.2 Å². The van der Waals surface area contributed by atoms with Gasteiger partial charge in [-0.05, 0) is 48.2 Å². The van der Waals surface area contributed by atoms with Crippen LogP contribution in [-0.2, 0) is 27.2 Å². The molecule has 0 aliphatic carbocycles. The number of aromatic amines is 1. The first-order valence-corrected chi connectivity index (χ1v) is 11.3. The first-order chi connectivity index (χ1) is 17.2. The lowest BCUT2D eigenvalue weighted by Gasteiger charge is -2.27. The molecule has 3 aromatic rings. The maximum Gasteiger partial charge on any atom is 0.328 e. The zero-order valence-corrected chi connectivity index (χ0v) is 20.2. The number of carbonyl (C=O) groups is 4. The molecule has 2 aromatic carbocycles. The number of benzene rings is 2. The van der Waals surface area contributed by atoms with Crippen molar-refractivity contribution < 1.29 is 34.9 Å². The summed E-state index contributed by atoms with van der Waals surface area (Å²) in [5.74, 6) is -2.91. The SMILES string of the molecule is CN1C(=O)NC(=O)C1C(Cc1ccccc1)c1ccc2[nH]cc(CCN)c2c1.O.O=C(O)C=CC(=O)O. The van der Waals surface area contributed by atoms with Crippen LogP contribution in [0.4, 0.5) is 4.79 Å². The molecule has 1 aliphatic rings. The molecular weight excluding hydrogens is 480 g/mol. The third-order valence-electron chi connectivity index (χ3n) is 5.92. The van der Waals surface area contributed by atoms with E-state index in [2.05, 4.69) is 28.5 Å². The molecule has 8 N–H and O–H groups in total. The number of nitrogens with two attached hydrogens (primary N) is 1. The predicted octanol–water partition coefficient (Wildman–Crippen LogP) is 1.43.